The highest BCUT2D eigenvalue weighted by Gasteiger charge is 2.18. The second-order valence-electron chi connectivity index (χ2n) is 4.13. The second kappa shape index (κ2) is 6.11. The van der Waals surface area contributed by atoms with Crippen molar-refractivity contribution in [3.05, 3.63) is 66.0 Å². The maximum atomic E-state index is 12.8. The molecule has 0 heterocycles. The zero-order valence-electron chi connectivity index (χ0n) is 10.6. The van der Waals surface area contributed by atoms with Crippen LogP contribution in [0.4, 0.5) is 10.1 Å². The maximum absolute atomic E-state index is 12.8. The van der Waals surface area contributed by atoms with E-state index >= 15 is 0 Å². The fourth-order valence-electron chi connectivity index (χ4n) is 1.84. The van der Waals surface area contributed by atoms with Gasteiger partial charge >= 0.3 is 0 Å². The molecule has 2 rings (SSSR count). The van der Waals surface area contributed by atoms with Crippen molar-refractivity contribution in [1.82, 2.24) is 5.32 Å². The summed E-state index contributed by atoms with van der Waals surface area (Å²) >= 11 is 0. The molecule has 0 fully saturated rings. The van der Waals surface area contributed by atoms with E-state index in [0.29, 0.717) is 5.69 Å². The molecule has 0 radical (unpaired) electrons. The molecule has 2 N–H and O–H groups in total. The molecule has 0 aliphatic heterocycles. The van der Waals surface area contributed by atoms with E-state index in [9.17, 15) is 9.18 Å². The first-order valence-corrected chi connectivity index (χ1v) is 5.99. The third-order valence-electron chi connectivity index (χ3n) is 2.80. The van der Waals surface area contributed by atoms with E-state index in [0.717, 1.165) is 5.56 Å². The van der Waals surface area contributed by atoms with Gasteiger partial charge in [-0.05, 0) is 36.9 Å². The zero-order chi connectivity index (χ0) is 13.7. The van der Waals surface area contributed by atoms with Crippen molar-refractivity contribution >= 4 is 11.6 Å². The number of likely N-dealkylation sites (N-methyl/N-ethyl adjacent to an activating group) is 1. The highest BCUT2D eigenvalue weighted by Crippen LogP contribution is 2.15. The van der Waals surface area contributed by atoms with Crippen LogP contribution in [0.15, 0.2) is 54.6 Å². The number of benzene rings is 2. The molecule has 3 nitrogen and oxygen atoms in total. The number of carbonyl (C=O) groups is 1. The lowest BCUT2D eigenvalue weighted by molar-refractivity contribution is -0.118. The molecule has 0 unspecified atom stereocenters. The number of carbonyl (C=O) groups excluding carboxylic acids is 1. The SMILES string of the molecule is CN[C@@H](C(=O)Nc1ccc(F)cc1)c1ccccc1. The Bertz CT molecular complexity index is 540. The first kappa shape index (κ1) is 13.2. The van der Waals surface area contributed by atoms with E-state index in [-0.39, 0.29) is 11.7 Å². The molecule has 0 aromatic heterocycles. The Balaban J connectivity index is 2.11. The van der Waals surface area contributed by atoms with Gasteiger partial charge in [-0.1, -0.05) is 30.3 Å². The molecule has 0 aliphatic rings. The van der Waals surface area contributed by atoms with E-state index in [4.69, 9.17) is 0 Å². The van der Waals surface area contributed by atoms with Crippen LogP contribution < -0.4 is 10.6 Å². The van der Waals surface area contributed by atoms with Gasteiger partial charge in [-0.2, -0.15) is 0 Å². The summed E-state index contributed by atoms with van der Waals surface area (Å²) in [6, 6.07) is 14.7. The predicted octanol–water partition coefficient (Wildman–Crippen LogP) is 2.72. The van der Waals surface area contributed by atoms with Crippen LogP contribution >= 0.6 is 0 Å². The Morgan fingerprint density at radius 3 is 2.26 bits per heavy atom. The summed E-state index contributed by atoms with van der Waals surface area (Å²) in [6.07, 6.45) is 0. The van der Waals surface area contributed by atoms with Crippen molar-refractivity contribution < 1.29 is 9.18 Å². The van der Waals surface area contributed by atoms with Crippen LogP contribution in [0, 0.1) is 5.82 Å². The van der Waals surface area contributed by atoms with Crippen LogP contribution in [-0.2, 0) is 4.79 Å². The maximum Gasteiger partial charge on any atom is 0.246 e. The third-order valence-corrected chi connectivity index (χ3v) is 2.80. The van der Waals surface area contributed by atoms with Gasteiger partial charge < -0.3 is 10.6 Å². The molecule has 2 aromatic rings. The second-order valence-corrected chi connectivity index (χ2v) is 4.13. The summed E-state index contributed by atoms with van der Waals surface area (Å²) in [5, 5.41) is 5.71. The number of amides is 1. The normalized spacial score (nSPS) is 11.9. The highest BCUT2D eigenvalue weighted by molar-refractivity contribution is 5.95. The van der Waals surface area contributed by atoms with E-state index in [1.54, 1.807) is 7.05 Å². The van der Waals surface area contributed by atoms with Gasteiger partial charge in [0.1, 0.15) is 11.9 Å². The molecule has 0 aliphatic carbocycles. The summed E-state index contributed by atoms with van der Waals surface area (Å²) in [5.74, 6) is -0.508. The van der Waals surface area contributed by atoms with Crippen LogP contribution in [0.2, 0.25) is 0 Å². The number of halogens is 1. The van der Waals surface area contributed by atoms with E-state index in [1.165, 1.54) is 24.3 Å². The minimum Gasteiger partial charge on any atom is -0.324 e. The van der Waals surface area contributed by atoms with Crippen molar-refractivity contribution in [2.75, 3.05) is 12.4 Å². The standard InChI is InChI=1S/C15H15FN2O/c1-17-14(11-5-3-2-4-6-11)15(19)18-13-9-7-12(16)8-10-13/h2-10,14,17H,1H3,(H,18,19)/t14-/m1/s1. The first-order valence-electron chi connectivity index (χ1n) is 5.99. The van der Waals surface area contributed by atoms with Crippen molar-refractivity contribution in [3.8, 4) is 0 Å². The number of hydrogen-bond donors (Lipinski definition) is 2. The lowest BCUT2D eigenvalue weighted by atomic mass is 10.1. The summed E-state index contributed by atoms with van der Waals surface area (Å²) in [7, 11) is 1.72. The van der Waals surface area contributed by atoms with E-state index < -0.39 is 6.04 Å². The summed E-state index contributed by atoms with van der Waals surface area (Å²) in [5.41, 5.74) is 1.45. The van der Waals surface area contributed by atoms with Crippen LogP contribution in [0.1, 0.15) is 11.6 Å². The summed E-state index contributed by atoms with van der Waals surface area (Å²) < 4.78 is 12.8. The smallest absolute Gasteiger partial charge is 0.246 e. The summed E-state index contributed by atoms with van der Waals surface area (Å²) in [4.78, 5) is 12.2. The predicted molar refractivity (Wildman–Crippen MR) is 73.3 cm³/mol. The average molecular weight is 258 g/mol. The molecule has 0 spiro atoms. The monoisotopic (exact) mass is 258 g/mol. The van der Waals surface area contributed by atoms with Crippen molar-refractivity contribution in [2.24, 2.45) is 0 Å². The molecule has 0 bridgehead atoms. The topological polar surface area (TPSA) is 41.1 Å². The van der Waals surface area contributed by atoms with Gasteiger partial charge in [0.05, 0.1) is 0 Å². The van der Waals surface area contributed by atoms with Crippen molar-refractivity contribution in [2.45, 2.75) is 6.04 Å². The Kier molecular flexibility index (Phi) is 4.26. The largest absolute Gasteiger partial charge is 0.324 e. The molecule has 0 saturated carbocycles. The molecule has 98 valence electrons. The van der Waals surface area contributed by atoms with Gasteiger partial charge in [0.15, 0.2) is 0 Å². The Hall–Kier alpha value is -2.20. The molecule has 2 aromatic carbocycles. The minimum atomic E-state index is -0.439. The number of hydrogen-bond acceptors (Lipinski definition) is 2. The average Bonchev–Trinajstić information content (AvgIpc) is 2.43. The van der Waals surface area contributed by atoms with Gasteiger partial charge in [0, 0.05) is 5.69 Å². The van der Waals surface area contributed by atoms with Crippen LogP contribution in [0.25, 0.3) is 0 Å². The molecule has 19 heavy (non-hydrogen) atoms. The Labute approximate surface area is 111 Å². The van der Waals surface area contributed by atoms with E-state index in [1.807, 2.05) is 30.3 Å². The van der Waals surface area contributed by atoms with Gasteiger partial charge in [0.2, 0.25) is 5.91 Å². The molecule has 1 atom stereocenters. The van der Waals surface area contributed by atoms with Gasteiger partial charge in [-0.3, -0.25) is 4.79 Å². The lowest BCUT2D eigenvalue weighted by Crippen LogP contribution is -2.30. The molecular weight excluding hydrogens is 243 g/mol. The highest BCUT2D eigenvalue weighted by atomic mass is 19.1. The van der Waals surface area contributed by atoms with Crippen LogP contribution in [0.3, 0.4) is 0 Å². The van der Waals surface area contributed by atoms with Crippen LogP contribution in [-0.4, -0.2) is 13.0 Å². The van der Waals surface area contributed by atoms with Gasteiger partial charge in [-0.25, -0.2) is 4.39 Å². The fourth-order valence-corrected chi connectivity index (χ4v) is 1.84. The molecule has 0 saturated heterocycles. The molecular formula is C15H15FN2O. The number of anilines is 1. The van der Waals surface area contributed by atoms with Crippen LogP contribution in [0.5, 0.6) is 0 Å². The Morgan fingerprint density at radius 1 is 1.05 bits per heavy atom. The third kappa shape index (κ3) is 3.39. The number of rotatable bonds is 4. The molecule has 1 amide bonds. The molecule has 4 heteroatoms. The van der Waals surface area contributed by atoms with Crippen molar-refractivity contribution in [3.63, 3.8) is 0 Å². The van der Waals surface area contributed by atoms with Gasteiger partial charge in [0.25, 0.3) is 0 Å². The van der Waals surface area contributed by atoms with Gasteiger partial charge in [-0.15, -0.1) is 0 Å². The number of nitrogens with one attached hydrogen (secondary N) is 2. The summed E-state index contributed by atoms with van der Waals surface area (Å²) in [6.45, 7) is 0. The zero-order valence-corrected chi connectivity index (χ0v) is 10.6. The fraction of sp³-hybridized carbons (Fsp3) is 0.133. The first-order chi connectivity index (χ1) is 9.20. The van der Waals surface area contributed by atoms with Crippen molar-refractivity contribution in [1.29, 1.82) is 0 Å². The lowest BCUT2D eigenvalue weighted by Gasteiger charge is -2.16. The van der Waals surface area contributed by atoms with E-state index in [2.05, 4.69) is 10.6 Å². The minimum absolute atomic E-state index is 0.180. The quantitative estimate of drug-likeness (QED) is 0.885. The Morgan fingerprint density at radius 2 is 1.68 bits per heavy atom.